The van der Waals surface area contributed by atoms with Crippen LogP contribution in [0.5, 0.6) is 0 Å². The van der Waals surface area contributed by atoms with E-state index >= 15 is 0 Å². The fourth-order valence-corrected chi connectivity index (χ4v) is 1.13. The molecule has 1 aromatic rings. The zero-order valence-corrected chi connectivity index (χ0v) is 8.40. The van der Waals surface area contributed by atoms with Gasteiger partial charge in [0.25, 0.3) is 0 Å². The smallest absolute Gasteiger partial charge is 0.0313 e. The van der Waals surface area contributed by atoms with Crippen molar-refractivity contribution in [1.82, 2.24) is 5.32 Å². The Morgan fingerprint density at radius 2 is 1.64 bits per heavy atom. The van der Waals surface area contributed by atoms with Crippen molar-refractivity contribution in [2.24, 2.45) is 0 Å². The molecule has 0 bridgehead atoms. The van der Waals surface area contributed by atoms with Gasteiger partial charge in [0.05, 0.1) is 0 Å². The van der Waals surface area contributed by atoms with Crippen molar-refractivity contribution in [2.45, 2.75) is 6.54 Å². The van der Waals surface area contributed by atoms with E-state index in [1.54, 1.807) is 0 Å². The second kappa shape index (κ2) is 6.00. The van der Waals surface area contributed by atoms with E-state index in [-0.39, 0.29) is 0 Å². The van der Waals surface area contributed by atoms with Crippen LogP contribution in [0.1, 0.15) is 5.56 Å². The van der Waals surface area contributed by atoms with Gasteiger partial charge < -0.3 is 11.1 Å². The summed E-state index contributed by atoms with van der Waals surface area (Å²) in [6, 6.07) is 15.7. The minimum Gasteiger partial charge on any atom is -0.399 e. The Morgan fingerprint density at radius 3 is 2.43 bits per heavy atom. The van der Waals surface area contributed by atoms with Crippen molar-refractivity contribution in [3.63, 3.8) is 0 Å². The van der Waals surface area contributed by atoms with E-state index in [2.05, 4.69) is 11.4 Å². The molecule has 0 aliphatic carbocycles. The average Bonchev–Trinajstić information content (AvgIpc) is 2.17. The molecule has 0 atom stereocenters. The van der Waals surface area contributed by atoms with Gasteiger partial charge in [-0.25, -0.2) is 0 Å². The highest BCUT2D eigenvalue weighted by Crippen LogP contribution is 1.98. The molecule has 0 aliphatic rings. The van der Waals surface area contributed by atoms with Gasteiger partial charge in [0.2, 0.25) is 0 Å². The first kappa shape index (κ1) is 10.5. The number of hydrogen-bond acceptors (Lipinski definition) is 2. The highest BCUT2D eigenvalue weighted by molar-refractivity contribution is 5.34. The third-order valence-electron chi connectivity index (χ3n) is 1.80. The van der Waals surface area contributed by atoms with Gasteiger partial charge in [-0.3, -0.25) is 0 Å². The molecule has 0 heterocycles. The molecule has 0 aliphatic heterocycles. The van der Waals surface area contributed by atoms with E-state index in [0.717, 1.165) is 12.2 Å². The predicted molar refractivity (Wildman–Crippen MR) is 61.2 cm³/mol. The third-order valence-corrected chi connectivity index (χ3v) is 1.80. The molecule has 0 saturated heterocycles. The molecular weight excluding hydrogens is 172 g/mol. The van der Waals surface area contributed by atoms with Crippen LogP contribution in [-0.4, -0.2) is 7.05 Å². The van der Waals surface area contributed by atoms with Crippen molar-refractivity contribution in [3.8, 4) is 0 Å². The Hall–Kier alpha value is -1.54. The lowest BCUT2D eigenvalue weighted by Gasteiger charge is -1.94. The van der Waals surface area contributed by atoms with Gasteiger partial charge in [0, 0.05) is 12.2 Å². The third kappa shape index (κ3) is 3.92. The number of rotatable bonds is 2. The average molecular weight is 188 g/mol. The number of nitrogen functional groups attached to an aromatic ring is 1. The van der Waals surface area contributed by atoms with Crippen LogP contribution in [0.3, 0.4) is 0 Å². The van der Waals surface area contributed by atoms with Gasteiger partial charge in [-0.05, 0) is 24.7 Å². The molecule has 0 aromatic heterocycles. The molecule has 74 valence electrons. The summed E-state index contributed by atoms with van der Waals surface area (Å²) in [4.78, 5) is 0. The second-order valence-corrected chi connectivity index (χ2v) is 3.04. The molecule has 0 amide bonds. The summed E-state index contributed by atoms with van der Waals surface area (Å²) in [5, 5.41) is 3.11. The molecule has 14 heavy (non-hydrogen) atoms. The zero-order valence-electron chi connectivity index (χ0n) is 8.40. The van der Waals surface area contributed by atoms with Crippen molar-refractivity contribution in [3.05, 3.63) is 54.1 Å². The maximum Gasteiger partial charge on any atom is 0.0313 e. The summed E-state index contributed by atoms with van der Waals surface area (Å²) in [5.41, 5.74) is 7.68. The molecule has 0 spiro atoms. The number of nitrogens with two attached hydrogens (primary N) is 1. The lowest BCUT2D eigenvalue weighted by molar-refractivity contribution is 0.818. The molecular formula is C12H16N2. The largest absolute Gasteiger partial charge is 0.399 e. The maximum absolute atomic E-state index is 5.70. The summed E-state index contributed by atoms with van der Waals surface area (Å²) in [7, 11) is 1.93. The molecule has 3 N–H and O–H groups in total. The van der Waals surface area contributed by atoms with Gasteiger partial charge in [0.15, 0.2) is 0 Å². The van der Waals surface area contributed by atoms with Crippen molar-refractivity contribution in [2.75, 3.05) is 12.8 Å². The molecule has 0 saturated carbocycles. The Bertz CT molecular complexity index is 333. The highest BCUT2D eigenvalue weighted by atomic mass is 14.8. The van der Waals surface area contributed by atoms with Crippen LogP contribution >= 0.6 is 0 Å². The lowest BCUT2D eigenvalue weighted by atomic mass is 10.2. The number of anilines is 1. The normalized spacial score (nSPS) is 9.21. The molecule has 1 rings (SSSR count). The molecule has 0 fully saturated rings. The van der Waals surface area contributed by atoms with Crippen molar-refractivity contribution < 1.29 is 0 Å². The second-order valence-electron chi connectivity index (χ2n) is 3.04. The van der Waals surface area contributed by atoms with Crippen LogP contribution in [0.15, 0.2) is 48.5 Å². The SMILES string of the molecule is CNCc1cccccc(N)ccc1. The van der Waals surface area contributed by atoms with Crippen molar-refractivity contribution >= 4 is 5.69 Å². The summed E-state index contributed by atoms with van der Waals surface area (Å²) in [6.07, 6.45) is 0. The number of hydrogen-bond donors (Lipinski definition) is 2. The summed E-state index contributed by atoms with van der Waals surface area (Å²) >= 11 is 0. The number of nitrogens with one attached hydrogen (secondary N) is 1. The van der Waals surface area contributed by atoms with E-state index in [1.807, 2.05) is 49.5 Å². The Kier molecular flexibility index (Phi) is 4.51. The molecule has 0 unspecified atom stereocenters. The van der Waals surface area contributed by atoms with E-state index in [1.165, 1.54) is 5.56 Å². The Morgan fingerprint density at radius 1 is 1.00 bits per heavy atom. The van der Waals surface area contributed by atoms with Crippen LogP contribution in [0.2, 0.25) is 0 Å². The summed E-state index contributed by atoms with van der Waals surface area (Å²) < 4.78 is 0. The van der Waals surface area contributed by atoms with Crippen LogP contribution in [-0.2, 0) is 6.54 Å². The Labute approximate surface area is 85.1 Å². The van der Waals surface area contributed by atoms with Gasteiger partial charge >= 0.3 is 0 Å². The van der Waals surface area contributed by atoms with Crippen LogP contribution in [0, 0.1) is 0 Å². The van der Waals surface area contributed by atoms with E-state index in [0.29, 0.717) is 0 Å². The summed E-state index contributed by atoms with van der Waals surface area (Å²) in [5.74, 6) is 0. The molecule has 1 aromatic carbocycles. The molecule has 2 nitrogen and oxygen atoms in total. The van der Waals surface area contributed by atoms with Gasteiger partial charge in [0.1, 0.15) is 0 Å². The quantitative estimate of drug-likeness (QED) is 0.746. The minimum absolute atomic E-state index is 0.761. The van der Waals surface area contributed by atoms with E-state index in [4.69, 9.17) is 5.73 Å². The zero-order chi connectivity index (χ0) is 10.2. The predicted octanol–water partition coefficient (Wildman–Crippen LogP) is 2.11. The van der Waals surface area contributed by atoms with Crippen molar-refractivity contribution in [1.29, 1.82) is 0 Å². The first-order valence-corrected chi connectivity index (χ1v) is 4.65. The first-order chi connectivity index (χ1) is 6.83. The molecule has 2 heteroatoms. The van der Waals surface area contributed by atoms with Crippen LogP contribution < -0.4 is 11.1 Å². The fraction of sp³-hybridized carbons (Fsp3) is 0.167. The lowest BCUT2D eigenvalue weighted by Crippen LogP contribution is -2.03. The maximum atomic E-state index is 5.70. The van der Waals surface area contributed by atoms with Gasteiger partial charge in [-0.1, -0.05) is 36.4 Å². The Balaban J connectivity index is 3.06. The van der Waals surface area contributed by atoms with Gasteiger partial charge in [-0.15, -0.1) is 0 Å². The minimum atomic E-state index is 0.761. The monoisotopic (exact) mass is 188 g/mol. The highest BCUT2D eigenvalue weighted by Gasteiger charge is 1.83. The summed E-state index contributed by atoms with van der Waals surface area (Å²) in [6.45, 7) is 0.859. The van der Waals surface area contributed by atoms with E-state index in [9.17, 15) is 0 Å². The fourth-order valence-electron chi connectivity index (χ4n) is 1.13. The standard InChI is InChI=1S/C12H16N2/c1-14-10-11-6-3-2-4-8-12(13)9-5-7-11/h2-9,14H,10,13H2,1H3. The first-order valence-electron chi connectivity index (χ1n) is 4.65. The van der Waals surface area contributed by atoms with Gasteiger partial charge in [-0.2, -0.15) is 0 Å². The molecule has 0 radical (unpaired) electrons. The van der Waals surface area contributed by atoms with E-state index < -0.39 is 0 Å². The van der Waals surface area contributed by atoms with Crippen LogP contribution in [0.4, 0.5) is 5.69 Å². The topological polar surface area (TPSA) is 38.0 Å². The van der Waals surface area contributed by atoms with Crippen LogP contribution in [0.25, 0.3) is 0 Å².